The zero-order valence-corrected chi connectivity index (χ0v) is 40.8. The SMILES string of the molecule is c1ccc(-c2ccc(N(c3ccc(-c4cccc(-n5c6ccccc6c6ccccc65)c4)cc3)c3ccc4c(c3)C3(c5ccccc5C45c4ccccc4-c4ccccc45)C4CC5CC(C4)CC3C5)cc2)cc1. The average Bonchev–Trinajstić information content (AvgIpc) is 3.95. The summed E-state index contributed by atoms with van der Waals surface area (Å²) in [7, 11) is 0. The van der Waals surface area contributed by atoms with Crippen molar-refractivity contribution in [3.8, 4) is 39.1 Å². The lowest BCUT2D eigenvalue weighted by molar-refractivity contribution is -0.0440. The summed E-state index contributed by atoms with van der Waals surface area (Å²) in [6.45, 7) is 0. The average molecular weight is 935 g/mol. The number of fused-ring (bicyclic) bond motifs is 12. The fraction of sp³-hybridized carbons (Fsp3) is 0.155. The Morgan fingerprint density at radius 1 is 0.329 bits per heavy atom. The predicted molar refractivity (Wildman–Crippen MR) is 301 cm³/mol. The Bertz CT molecular complexity index is 3860. The van der Waals surface area contributed by atoms with Crippen LogP contribution in [-0.4, -0.2) is 4.57 Å². The zero-order chi connectivity index (χ0) is 47.8. The van der Waals surface area contributed by atoms with Gasteiger partial charge < -0.3 is 9.47 Å². The molecule has 4 fully saturated rings. The van der Waals surface area contributed by atoms with Gasteiger partial charge >= 0.3 is 0 Å². The minimum absolute atomic E-state index is 0.0683. The van der Waals surface area contributed by atoms with Crippen LogP contribution in [0.3, 0.4) is 0 Å². The van der Waals surface area contributed by atoms with Gasteiger partial charge in [-0.25, -0.2) is 0 Å². The van der Waals surface area contributed by atoms with E-state index < -0.39 is 5.41 Å². The molecule has 10 aromatic carbocycles. The van der Waals surface area contributed by atoms with Crippen LogP contribution in [0.15, 0.2) is 243 Å². The minimum Gasteiger partial charge on any atom is -0.310 e. The molecule has 0 radical (unpaired) electrons. The van der Waals surface area contributed by atoms with Crippen LogP contribution in [0.4, 0.5) is 17.1 Å². The normalized spacial score (nSPS) is 21.3. The summed E-state index contributed by atoms with van der Waals surface area (Å²) in [5.41, 5.74) is 23.2. The fourth-order valence-corrected chi connectivity index (χ4v) is 16.1. The van der Waals surface area contributed by atoms with Gasteiger partial charge in [0.15, 0.2) is 0 Å². The molecule has 1 aromatic heterocycles. The van der Waals surface area contributed by atoms with Crippen molar-refractivity contribution in [3.05, 3.63) is 276 Å². The lowest BCUT2D eigenvalue weighted by Crippen LogP contribution is -2.59. The summed E-state index contributed by atoms with van der Waals surface area (Å²) in [4.78, 5) is 2.54. The molecule has 0 saturated heterocycles. The highest BCUT2D eigenvalue weighted by Gasteiger charge is 2.64. The van der Waals surface area contributed by atoms with Crippen LogP contribution >= 0.6 is 0 Å². The Balaban J connectivity index is 0.893. The molecule has 2 spiro atoms. The van der Waals surface area contributed by atoms with Gasteiger partial charge in [0.05, 0.1) is 16.4 Å². The first-order valence-electron chi connectivity index (χ1n) is 26.8. The Labute approximate surface area is 427 Å². The van der Waals surface area contributed by atoms with Gasteiger partial charge in [0.25, 0.3) is 0 Å². The van der Waals surface area contributed by atoms with E-state index in [1.807, 2.05) is 0 Å². The minimum atomic E-state index is -0.421. The van der Waals surface area contributed by atoms with E-state index in [0.717, 1.165) is 23.2 Å². The van der Waals surface area contributed by atoms with Crippen molar-refractivity contribution in [1.82, 2.24) is 4.57 Å². The molecule has 6 aliphatic carbocycles. The van der Waals surface area contributed by atoms with Crippen LogP contribution in [0.1, 0.15) is 65.5 Å². The molecular weight excluding hydrogens is 881 g/mol. The van der Waals surface area contributed by atoms with Gasteiger partial charge in [-0.15, -0.1) is 0 Å². The first kappa shape index (κ1) is 41.4. The van der Waals surface area contributed by atoms with Gasteiger partial charge in [-0.2, -0.15) is 0 Å². The monoisotopic (exact) mass is 934 g/mol. The Morgan fingerprint density at radius 2 is 0.795 bits per heavy atom. The fourth-order valence-electron chi connectivity index (χ4n) is 16.1. The molecule has 17 rings (SSSR count). The molecule has 2 heteroatoms. The molecule has 73 heavy (non-hydrogen) atoms. The lowest BCUT2D eigenvalue weighted by atomic mass is 9.38. The van der Waals surface area contributed by atoms with Crippen molar-refractivity contribution < 1.29 is 0 Å². The van der Waals surface area contributed by atoms with Gasteiger partial charge in [-0.1, -0.05) is 182 Å². The third kappa shape index (κ3) is 5.75. The van der Waals surface area contributed by atoms with Crippen LogP contribution in [0.5, 0.6) is 0 Å². The van der Waals surface area contributed by atoms with E-state index in [0.29, 0.717) is 11.8 Å². The molecule has 4 bridgehead atoms. The molecule has 0 atom stereocenters. The second kappa shape index (κ2) is 15.6. The first-order chi connectivity index (χ1) is 36.2. The summed E-state index contributed by atoms with van der Waals surface area (Å²) < 4.78 is 2.42. The lowest BCUT2D eigenvalue weighted by Gasteiger charge is -2.65. The number of anilines is 3. The summed E-state index contributed by atoms with van der Waals surface area (Å²) in [5.74, 6) is 2.91. The number of rotatable bonds is 6. The van der Waals surface area contributed by atoms with Crippen LogP contribution < -0.4 is 4.90 Å². The van der Waals surface area contributed by atoms with Crippen molar-refractivity contribution in [2.75, 3.05) is 4.90 Å². The van der Waals surface area contributed by atoms with E-state index in [2.05, 4.69) is 252 Å². The van der Waals surface area contributed by atoms with Crippen LogP contribution in [0, 0.1) is 23.7 Å². The molecule has 0 unspecified atom stereocenters. The van der Waals surface area contributed by atoms with E-state index >= 15 is 0 Å². The van der Waals surface area contributed by atoms with Crippen molar-refractivity contribution in [2.24, 2.45) is 23.7 Å². The summed E-state index contributed by atoms with van der Waals surface area (Å²) in [6.07, 6.45) is 6.74. The largest absolute Gasteiger partial charge is 0.310 e. The molecule has 348 valence electrons. The quantitative estimate of drug-likeness (QED) is 0.161. The molecule has 6 aliphatic rings. The molecule has 0 N–H and O–H groups in total. The molecule has 0 aliphatic heterocycles. The predicted octanol–water partition coefficient (Wildman–Crippen LogP) is 18.0. The van der Waals surface area contributed by atoms with Gasteiger partial charge in [0, 0.05) is 38.9 Å². The molecule has 2 nitrogen and oxygen atoms in total. The smallest absolute Gasteiger partial charge is 0.0719 e. The molecular formula is C71H54N2. The Hall–Kier alpha value is -8.20. The Kier molecular flexibility index (Phi) is 8.88. The first-order valence-corrected chi connectivity index (χ1v) is 26.8. The Morgan fingerprint density at radius 3 is 1.41 bits per heavy atom. The van der Waals surface area contributed by atoms with E-state index in [1.165, 1.54) is 121 Å². The topological polar surface area (TPSA) is 8.17 Å². The van der Waals surface area contributed by atoms with Crippen LogP contribution in [-0.2, 0) is 10.8 Å². The number of para-hydroxylation sites is 2. The second-order valence-corrected chi connectivity index (χ2v) is 22.0. The number of aromatic nitrogens is 1. The van der Waals surface area contributed by atoms with Gasteiger partial charge in [-0.05, 0) is 183 Å². The van der Waals surface area contributed by atoms with Crippen LogP contribution in [0.2, 0.25) is 0 Å². The molecule has 11 aromatic rings. The van der Waals surface area contributed by atoms with Crippen molar-refractivity contribution in [2.45, 2.75) is 42.9 Å². The maximum absolute atomic E-state index is 2.70. The molecule has 4 saturated carbocycles. The van der Waals surface area contributed by atoms with Crippen molar-refractivity contribution >= 4 is 38.9 Å². The second-order valence-electron chi connectivity index (χ2n) is 22.0. The van der Waals surface area contributed by atoms with E-state index in [1.54, 1.807) is 11.1 Å². The third-order valence-corrected chi connectivity index (χ3v) is 18.6. The highest BCUT2D eigenvalue weighted by molar-refractivity contribution is 6.09. The van der Waals surface area contributed by atoms with Gasteiger partial charge in [0.2, 0.25) is 0 Å². The molecule has 0 amide bonds. The maximum atomic E-state index is 2.70. The maximum Gasteiger partial charge on any atom is 0.0719 e. The highest BCUT2D eigenvalue weighted by Crippen LogP contribution is 2.71. The van der Waals surface area contributed by atoms with Crippen molar-refractivity contribution in [1.29, 1.82) is 0 Å². The van der Waals surface area contributed by atoms with E-state index in [9.17, 15) is 0 Å². The highest BCUT2D eigenvalue weighted by atomic mass is 15.1. The van der Waals surface area contributed by atoms with Crippen LogP contribution in [0.25, 0.3) is 60.9 Å². The summed E-state index contributed by atoms with van der Waals surface area (Å²) >= 11 is 0. The molecule has 1 heterocycles. The van der Waals surface area contributed by atoms with E-state index in [4.69, 9.17) is 0 Å². The number of nitrogens with zero attached hydrogens (tertiary/aromatic N) is 2. The van der Waals surface area contributed by atoms with Crippen molar-refractivity contribution in [3.63, 3.8) is 0 Å². The third-order valence-electron chi connectivity index (χ3n) is 18.6. The van der Waals surface area contributed by atoms with Gasteiger partial charge in [0.1, 0.15) is 0 Å². The summed E-state index contributed by atoms with van der Waals surface area (Å²) in [5, 5.41) is 2.55. The van der Waals surface area contributed by atoms with Gasteiger partial charge in [-0.3, -0.25) is 0 Å². The number of hydrogen-bond donors (Lipinski definition) is 0. The number of benzene rings is 10. The summed E-state index contributed by atoms with van der Waals surface area (Å²) in [6, 6.07) is 92.3. The number of hydrogen-bond acceptors (Lipinski definition) is 1. The zero-order valence-electron chi connectivity index (χ0n) is 40.8. The standard InChI is InChI=1S/C71H54N2/c1-2-15-48(16-3-1)49-29-33-54(34-30-49)72(55-35-31-50(32-36-55)51-17-14-18-56(44-51)73-68-27-12-6-21-60(68)61-22-7-13-28-69(61)73)57-37-38-66-67(45-57)70(52-40-46-39-47(42-52)43-53(70)41-46)64-25-10-11-26-65(64)71(66)62-23-8-4-19-58(62)59-20-5-9-24-63(59)71/h1-38,44-47,52-53H,39-43H2. The van der Waals surface area contributed by atoms with E-state index in [-0.39, 0.29) is 5.41 Å².